The van der Waals surface area contributed by atoms with E-state index < -0.39 is 0 Å². The zero-order valence-electron chi connectivity index (χ0n) is 13.9. The normalized spacial score (nSPS) is 17.3. The molecule has 2 amide bonds. The molecule has 0 spiro atoms. The summed E-state index contributed by atoms with van der Waals surface area (Å²) in [5.74, 6) is -0.352. The standard InChI is InChI=1S/C18H21N3O2S/c1-12-13(2)24-18(19-12)20-17(23)15-10-16(22)21(11-15)9-8-14-6-4-3-5-7-14/h3-7,15H,8-11H2,1-2H3,(H,19,20,23). The average molecular weight is 343 g/mol. The van der Waals surface area contributed by atoms with Gasteiger partial charge in [-0.1, -0.05) is 30.3 Å². The number of thiazole rings is 1. The maximum atomic E-state index is 12.4. The second kappa shape index (κ2) is 7.13. The van der Waals surface area contributed by atoms with Gasteiger partial charge in [0.15, 0.2) is 5.13 Å². The molecule has 2 aromatic rings. The minimum atomic E-state index is -0.294. The molecule has 5 nitrogen and oxygen atoms in total. The van der Waals surface area contributed by atoms with Crippen LogP contribution in [0.25, 0.3) is 0 Å². The molecule has 1 aliphatic heterocycles. The lowest BCUT2D eigenvalue weighted by Crippen LogP contribution is -2.30. The van der Waals surface area contributed by atoms with Gasteiger partial charge in [0.05, 0.1) is 11.6 Å². The first-order valence-electron chi connectivity index (χ1n) is 8.09. The largest absolute Gasteiger partial charge is 0.342 e. The highest BCUT2D eigenvalue weighted by Gasteiger charge is 2.34. The van der Waals surface area contributed by atoms with Crippen LogP contribution in [0.5, 0.6) is 0 Å². The Morgan fingerprint density at radius 2 is 2.08 bits per heavy atom. The number of nitrogens with zero attached hydrogens (tertiary/aromatic N) is 2. The fraction of sp³-hybridized carbons (Fsp3) is 0.389. The van der Waals surface area contributed by atoms with Gasteiger partial charge in [-0.15, -0.1) is 11.3 Å². The molecule has 2 heterocycles. The van der Waals surface area contributed by atoms with Gasteiger partial charge in [0.1, 0.15) is 0 Å². The zero-order chi connectivity index (χ0) is 17.1. The summed E-state index contributed by atoms with van der Waals surface area (Å²) in [6.45, 7) is 5.04. The van der Waals surface area contributed by atoms with Crippen molar-refractivity contribution in [2.75, 3.05) is 18.4 Å². The second-order valence-corrected chi connectivity index (χ2v) is 7.33. The van der Waals surface area contributed by atoms with Crippen molar-refractivity contribution in [2.45, 2.75) is 26.7 Å². The minimum Gasteiger partial charge on any atom is -0.342 e. The summed E-state index contributed by atoms with van der Waals surface area (Å²) in [7, 11) is 0. The molecule has 0 radical (unpaired) electrons. The van der Waals surface area contributed by atoms with Crippen LogP contribution in [0.1, 0.15) is 22.6 Å². The van der Waals surface area contributed by atoms with Crippen LogP contribution in [0.2, 0.25) is 0 Å². The van der Waals surface area contributed by atoms with Crippen LogP contribution in [0.4, 0.5) is 5.13 Å². The van der Waals surface area contributed by atoms with Crippen LogP contribution in [0.15, 0.2) is 30.3 Å². The molecule has 1 aromatic heterocycles. The molecule has 0 aliphatic carbocycles. The average Bonchev–Trinajstić information content (AvgIpc) is 3.09. The van der Waals surface area contributed by atoms with E-state index in [0.717, 1.165) is 17.0 Å². The van der Waals surface area contributed by atoms with Gasteiger partial charge in [0.25, 0.3) is 0 Å². The number of rotatable bonds is 5. The number of anilines is 1. The maximum absolute atomic E-state index is 12.4. The summed E-state index contributed by atoms with van der Waals surface area (Å²) in [6, 6.07) is 10.1. The molecular formula is C18H21N3O2S. The van der Waals surface area contributed by atoms with Gasteiger partial charge in [-0.2, -0.15) is 0 Å². The lowest BCUT2D eigenvalue weighted by molar-refractivity contribution is -0.128. The monoisotopic (exact) mass is 343 g/mol. The summed E-state index contributed by atoms with van der Waals surface area (Å²) in [4.78, 5) is 31.7. The lowest BCUT2D eigenvalue weighted by Gasteiger charge is -2.16. The number of hydrogen-bond acceptors (Lipinski definition) is 4. The summed E-state index contributed by atoms with van der Waals surface area (Å²) in [5.41, 5.74) is 2.13. The molecule has 1 atom stereocenters. The molecule has 1 saturated heterocycles. The predicted molar refractivity (Wildman–Crippen MR) is 95.1 cm³/mol. The van der Waals surface area contributed by atoms with Crippen molar-refractivity contribution < 1.29 is 9.59 Å². The van der Waals surface area contributed by atoms with E-state index in [1.54, 1.807) is 4.90 Å². The highest BCUT2D eigenvalue weighted by molar-refractivity contribution is 7.15. The number of nitrogens with one attached hydrogen (secondary N) is 1. The molecular weight excluding hydrogens is 322 g/mol. The van der Waals surface area contributed by atoms with Gasteiger partial charge in [0, 0.05) is 24.4 Å². The van der Waals surface area contributed by atoms with Crippen LogP contribution in [-0.4, -0.2) is 34.8 Å². The topological polar surface area (TPSA) is 62.3 Å². The maximum Gasteiger partial charge on any atom is 0.231 e. The van der Waals surface area contributed by atoms with Gasteiger partial charge < -0.3 is 10.2 Å². The fourth-order valence-corrected chi connectivity index (χ4v) is 3.62. The summed E-state index contributed by atoms with van der Waals surface area (Å²) in [6.07, 6.45) is 1.09. The smallest absolute Gasteiger partial charge is 0.231 e. The molecule has 0 saturated carbocycles. The number of aromatic nitrogens is 1. The Balaban J connectivity index is 1.54. The molecule has 126 valence electrons. The van der Waals surface area contributed by atoms with Gasteiger partial charge >= 0.3 is 0 Å². The van der Waals surface area contributed by atoms with E-state index in [4.69, 9.17) is 0 Å². The van der Waals surface area contributed by atoms with E-state index in [1.165, 1.54) is 16.9 Å². The Morgan fingerprint density at radius 3 is 2.75 bits per heavy atom. The van der Waals surface area contributed by atoms with Crippen molar-refractivity contribution in [1.29, 1.82) is 0 Å². The zero-order valence-corrected chi connectivity index (χ0v) is 14.7. The first-order valence-corrected chi connectivity index (χ1v) is 8.91. The predicted octanol–water partition coefficient (Wildman–Crippen LogP) is 2.79. The number of hydrogen-bond donors (Lipinski definition) is 1. The number of benzene rings is 1. The highest BCUT2D eigenvalue weighted by Crippen LogP contribution is 2.24. The van der Waals surface area contributed by atoms with Gasteiger partial charge in [-0.05, 0) is 25.8 Å². The molecule has 1 aliphatic rings. The molecule has 1 N–H and O–H groups in total. The third kappa shape index (κ3) is 3.82. The second-order valence-electron chi connectivity index (χ2n) is 6.13. The van der Waals surface area contributed by atoms with E-state index in [1.807, 2.05) is 32.0 Å². The van der Waals surface area contributed by atoms with Crippen molar-refractivity contribution in [3.63, 3.8) is 0 Å². The van der Waals surface area contributed by atoms with Crippen molar-refractivity contribution in [3.8, 4) is 0 Å². The van der Waals surface area contributed by atoms with E-state index in [9.17, 15) is 9.59 Å². The van der Waals surface area contributed by atoms with E-state index in [2.05, 4.69) is 22.4 Å². The Morgan fingerprint density at radius 1 is 1.33 bits per heavy atom. The Kier molecular flexibility index (Phi) is 4.94. The third-order valence-corrected chi connectivity index (χ3v) is 5.35. The fourth-order valence-electron chi connectivity index (χ4n) is 2.81. The molecule has 0 bridgehead atoms. The molecule has 3 rings (SSSR count). The number of amides is 2. The minimum absolute atomic E-state index is 0.0533. The van der Waals surface area contributed by atoms with E-state index in [0.29, 0.717) is 18.2 Å². The van der Waals surface area contributed by atoms with E-state index in [-0.39, 0.29) is 24.2 Å². The molecule has 6 heteroatoms. The number of likely N-dealkylation sites (tertiary alicyclic amines) is 1. The van der Waals surface area contributed by atoms with E-state index >= 15 is 0 Å². The number of carbonyl (C=O) groups is 2. The van der Waals surface area contributed by atoms with Gasteiger partial charge in [0.2, 0.25) is 11.8 Å². The molecule has 24 heavy (non-hydrogen) atoms. The number of carbonyl (C=O) groups excluding carboxylic acids is 2. The Labute approximate surface area is 145 Å². The molecule has 1 aromatic carbocycles. The summed E-state index contributed by atoms with van der Waals surface area (Å²) in [5, 5.41) is 3.47. The SMILES string of the molecule is Cc1nc(NC(=O)C2CC(=O)N(CCc3ccccc3)C2)sc1C. The van der Waals surface area contributed by atoms with Crippen molar-refractivity contribution in [1.82, 2.24) is 9.88 Å². The van der Waals surface area contributed by atoms with Crippen molar-refractivity contribution in [2.24, 2.45) is 5.92 Å². The van der Waals surface area contributed by atoms with Crippen LogP contribution in [-0.2, 0) is 16.0 Å². The van der Waals surface area contributed by atoms with Crippen molar-refractivity contribution >= 4 is 28.3 Å². The third-order valence-electron chi connectivity index (χ3n) is 4.36. The Hall–Kier alpha value is -2.21. The van der Waals surface area contributed by atoms with Crippen LogP contribution < -0.4 is 5.32 Å². The van der Waals surface area contributed by atoms with Crippen molar-refractivity contribution in [3.05, 3.63) is 46.5 Å². The summed E-state index contributed by atoms with van der Waals surface area (Å²) < 4.78 is 0. The molecule has 1 unspecified atom stereocenters. The Bertz CT molecular complexity index is 722. The quantitative estimate of drug-likeness (QED) is 0.908. The first-order chi connectivity index (χ1) is 11.5. The summed E-state index contributed by atoms with van der Waals surface area (Å²) >= 11 is 1.47. The molecule has 1 fully saturated rings. The van der Waals surface area contributed by atoms with Gasteiger partial charge in [-0.25, -0.2) is 4.98 Å². The highest BCUT2D eigenvalue weighted by atomic mass is 32.1. The lowest BCUT2D eigenvalue weighted by atomic mass is 10.1. The van der Waals surface area contributed by atoms with Crippen LogP contribution >= 0.6 is 11.3 Å². The van der Waals surface area contributed by atoms with Crippen LogP contribution in [0, 0.1) is 19.8 Å². The number of aryl methyl sites for hydroxylation is 2. The van der Waals surface area contributed by atoms with Crippen LogP contribution in [0.3, 0.4) is 0 Å². The van der Waals surface area contributed by atoms with Gasteiger partial charge in [-0.3, -0.25) is 9.59 Å². The first kappa shape index (κ1) is 16.6.